The molecule has 2 rings (SSSR count). The van der Waals surface area contributed by atoms with E-state index in [0.717, 1.165) is 0 Å². The van der Waals surface area contributed by atoms with E-state index in [-0.39, 0.29) is 12.2 Å². The van der Waals surface area contributed by atoms with Crippen LogP contribution in [0.15, 0.2) is 18.2 Å². The molecule has 0 saturated carbocycles. The van der Waals surface area contributed by atoms with Gasteiger partial charge < -0.3 is 10.1 Å². The average molecular weight is 181 g/mol. The summed E-state index contributed by atoms with van der Waals surface area (Å²) in [5, 5.41) is 2.91. The van der Waals surface area contributed by atoms with Crippen LogP contribution in [0, 0.1) is 5.82 Å². The van der Waals surface area contributed by atoms with Crippen molar-refractivity contribution < 1.29 is 13.9 Å². The molecule has 0 fully saturated rings. The van der Waals surface area contributed by atoms with Crippen molar-refractivity contribution in [1.82, 2.24) is 0 Å². The molecule has 0 aliphatic carbocycles. The first-order chi connectivity index (χ1) is 6.27. The second-order valence-corrected chi connectivity index (χ2v) is 2.77. The highest BCUT2D eigenvalue weighted by molar-refractivity contribution is 5.77. The fourth-order valence-corrected chi connectivity index (χ4v) is 1.22. The van der Waals surface area contributed by atoms with Gasteiger partial charge in [0.15, 0.2) is 11.6 Å². The zero-order valence-corrected chi connectivity index (χ0v) is 6.84. The summed E-state index contributed by atoms with van der Waals surface area (Å²) in [7, 11) is 0. The molecule has 13 heavy (non-hydrogen) atoms. The van der Waals surface area contributed by atoms with Crippen LogP contribution in [0.5, 0.6) is 5.75 Å². The van der Waals surface area contributed by atoms with Crippen LogP contribution in [-0.2, 0) is 4.79 Å². The molecule has 3 nitrogen and oxygen atoms in total. The number of para-hydroxylation sites is 1. The van der Waals surface area contributed by atoms with Crippen LogP contribution in [0.4, 0.5) is 10.1 Å². The summed E-state index contributed by atoms with van der Waals surface area (Å²) >= 11 is 0. The first-order valence-electron chi connectivity index (χ1n) is 4.00. The summed E-state index contributed by atoms with van der Waals surface area (Å²) in [4.78, 5) is 11.0. The minimum absolute atomic E-state index is 0.00463. The quantitative estimate of drug-likeness (QED) is 0.487. The second-order valence-electron chi connectivity index (χ2n) is 2.77. The van der Waals surface area contributed by atoms with E-state index in [9.17, 15) is 9.18 Å². The maximum atomic E-state index is 13.1. The number of rotatable bonds is 0. The molecule has 0 aromatic heterocycles. The molecule has 0 spiro atoms. The van der Waals surface area contributed by atoms with Crippen LogP contribution >= 0.6 is 0 Å². The van der Waals surface area contributed by atoms with E-state index in [1.165, 1.54) is 6.07 Å². The third-order valence-corrected chi connectivity index (χ3v) is 1.83. The third kappa shape index (κ3) is 1.47. The van der Waals surface area contributed by atoms with Gasteiger partial charge in [0, 0.05) is 6.54 Å². The Morgan fingerprint density at radius 3 is 3.15 bits per heavy atom. The molecule has 1 aliphatic heterocycles. The molecule has 1 N–H and O–H groups in total. The molecular formula is C9H8FNO2. The van der Waals surface area contributed by atoms with E-state index < -0.39 is 11.8 Å². The van der Waals surface area contributed by atoms with Gasteiger partial charge in [-0.05, 0) is 12.1 Å². The molecule has 1 aromatic rings. The van der Waals surface area contributed by atoms with E-state index in [2.05, 4.69) is 5.32 Å². The Labute approximate surface area is 74.5 Å². The van der Waals surface area contributed by atoms with Crippen LogP contribution in [-0.4, -0.2) is 12.5 Å². The number of benzene rings is 1. The molecule has 0 atom stereocenters. The van der Waals surface area contributed by atoms with Crippen LogP contribution in [0.2, 0.25) is 0 Å². The molecule has 68 valence electrons. The molecule has 1 aliphatic rings. The van der Waals surface area contributed by atoms with Gasteiger partial charge >= 0.3 is 5.97 Å². The summed E-state index contributed by atoms with van der Waals surface area (Å²) in [6.07, 6.45) is 0.258. The van der Waals surface area contributed by atoms with Crippen molar-refractivity contribution in [2.75, 3.05) is 11.9 Å². The summed E-state index contributed by atoms with van der Waals surface area (Å²) in [5.41, 5.74) is 0.533. The number of hydrogen-bond donors (Lipinski definition) is 1. The number of nitrogens with one attached hydrogen (secondary N) is 1. The molecule has 0 amide bonds. The van der Waals surface area contributed by atoms with Gasteiger partial charge in [-0.1, -0.05) is 6.07 Å². The lowest BCUT2D eigenvalue weighted by Crippen LogP contribution is -2.08. The first-order valence-corrected chi connectivity index (χ1v) is 4.00. The Bertz CT molecular complexity index is 351. The van der Waals surface area contributed by atoms with Gasteiger partial charge in [-0.2, -0.15) is 0 Å². The van der Waals surface area contributed by atoms with Crippen molar-refractivity contribution in [2.45, 2.75) is 6.42 Å². The fraction of sp³-hybridized carbons (Fsp3) is 0.222. The number of anilines is 1. The van der Waals surface area contributed by atoms with Crippen molar-refractivity contribution in [1.29, 1.82) is 0 Å². The molecular weight excluding hydrogens is 173 g/mol. The van der Waals surface area contributed by atoms with Crippen molar-refractivity contribution in [3.05, 3.63) is 24.0 Å². The van der Waals surface area contributed by atoms with Gasteiger partial charge in [-0.15, -0.1) is 0 Å². The molecule has 0 radical (unpaired) electrons. The lowest BCUT2D eigenvalue weighted by atomic mass is 10.3. The number of esters is 1. The lowest BCUT2D eigenvalue weighted by Gasteiger charge is -2.05. The summed E-state index contributed by atoms with van der Waals surface area (Å²) in [6.45, 7) is 0.481. The third-order valence-electron chi connectivity index (χ3n) is 1.83. The van der Waals surface area contributed by atoms with Gasteiger partial charge in [-0.3, -0.25) is 4.79 Å². The normalized spacial score (nSPS) is 15.3. The molecule has 0 unspecified atom stereocenters. The summed E-state index contributed by atoms with van der Waals surface area (Å²) in [6, 6.07) is 4.51. The molecule has 1 aromatic carbocycles. The van der Waals surface area contributed by atoms with E-state index in [1.807, 2.05) is 0 Å². The van der Waals surface area contributed by atoms with Crippen LogP contribution in [0.3, 0.4) is 0 Å². The minimum Gasteiger partial charge on any atom is -0.421 e. The van der Waals surface area contributed by atoms with Crippen molar-refractivity contribution in [3.63, 3.8) is 0 Å². The summed E-state index contributed by atoms with van der Waals surface area (Å²) in [5.74, 6) is -0.915. The largest absolute Gasteiger partial charge is 0.421 e. The minimum atomic E-state index is -0.514. The number of ether oxygens (including phenoxy) is 1. The number of hydrogen-bond acceptors (Lipinski definition) is 3. The smallest absolute Gasteiger partial charge is 0.313 e. The highest BCUT2D eigenvalue weighted by Crippen LogP contribution is 2.29. The molecule has 1 heterocycles. The molecule has 0 bridgehead atoms. The topological polar surface area (TPSA) is 38.3 Å². The van der Waals surface area contributed by atoms with Crippen LogP contribution < -0.4 is 10.1 Å². The predicted octanol–water partition coefficient (Wildman–Crippen LogP) is 1.55. The maximum absolute atomic E-state index is 13.1. The van der Waals surface area contributed by atoms with Gasteiger partial charge in [0.25, 0.3) is 0 Å². The van der Waals surface area contributed by atoms with Gasteiger partial charge in [0.2, 0.25) is 0 Å². The number of carbonyl (C=O) groups is 1. The monoisotopic (exact) mass is 181 g/mol. The standard InChI is InChI=1S/C9H8FNO2/c10-6-2-1-3-7-9(6)13-8(12)4-5-11-7/h1-3,11H,4-5H2. The zero-order valence-electron chi connectivity index (χ0n) is 6.84. The van der Waals surface area contributed by atoms with Gasteiger partial charge in [-0.25, -0.2) is 4.39 Å². The Morgan fingerprint density at radius 1 is 1.46 bits per heavy atom. The average Bonchev–Trinajstić information content (AvgIpc) is 2.28. The van der Waals surface area contributed by atoms with Crippen molar-refractivity contribution >= 4 is 11.7 Å². The fourth-order valence-electron chi connectivity index (χ4n) is 1.22. The van der Waals surface area contributed by atoms with Crippen molar-refractivity contribution in [2.24, 2.45) is 0 Å². The Kier molecular flexibility index (Phi) is 1.88. The van der Waals surface area contributed by atoms with Gasteiger partial charge in [0.05, 0.1) is 12.1 Å². The highest BCUT2D eigenvalue weighted by atomic mass is 19.1. The van der Waals surface area contributed by atoms with E-state index >= 15 is 0 Å². The second kappa shape index (κ2) is 3.05. The first kappa shape index (κ1) is 8.04. The van der Waals surface area contributed by atoms with E-state index in [4.69, 9.17) is 4.74 Å². The van der Waals surface area contributed by atoms with Crippen LogP contribution in [0.25, 0.3) is 0 Å². The predicted molar refractivity (Wildman–Crippen MR) is 45.1 cm³/mol. The SMILES string of the molecule is O=C1CCNc2cccc(F)c2O1. The van der Waals surface area contributed by atoms with Crippen LogP contribution in [0.1, 0.15) is 6.42 Å². The number of halogens is 1. The van der Waals surface area contributed by atoms with Crippen molar-refractivity contribution in [3.8, 4) is 5.75 Å². The Balaban J connectivity index is 2.46. The Morgan fingerprint density at radius 2 is 2.31 bits per heavy atom. The summed E-state index contributed by atoms with van der Waals surface area (Å²) < 4.78 is 17.9. The lowest BCUT2D eigenvalue weighted by molar-refractivity contribution is -0.134. The molecule has 4 heteroatoms. The highest BCUT2D eigenvalue weighted by Gasteiger charge is 2.17. The zero-order chi connectivity index (χ0) is 9.26. The number of carbonyl (C=O) groups excluding carboxylic acids is 1. The molecule has 0 saturated heterocycles. The van der Waals surface area contributed by atoms with E-state index in [1.54, 1.807) is 12.1 Å². The van der Waals surface area contributed by atoms with E-state index in [0.29, 0.717) is 12.2 Å². The Hall–Kier alpha value is -1.58. The number of fused-ring (bicyclic) bond motifs is 1. The maximum Gasteiger partial charge on any atom is 0.313 e. The van der Waals surface area contributed by atoms with Gasteiger partial charge in [0.1, 0.15) is 0 Å².